The lowest BCUT2D eigenvalue weighted by Gasteiger charge is -2.40. The SMILES string of the molecule is Cc1cccc(Cl)c1N1CC=C[C@]23S[C@@]4(C)C=CCN(C)C(=O)[C@H]4[C@H]2C(=O)N([C@H](CO)c2ccccc2)C3C1=O. The van der Waals surface area contributed by atoms with Crippen LogP contribution in [0.5, 0.6) is 0 Å². The number of hydrogen-bond donors (Lipinski definition) is 1. The van der Waals surface area contributed by atoms with Gasteiger partial charge >= 0.3 is 0 Å². The minimum atomic E-state index is -1.02. The molecule has 0 saturated carbocycles. The predicted octanol–water partition coefficient (Wildman–Crippen LogP) is 4.00. The van der Waals surface area contributed by atoms with Gasteiger partial charge in [0.2, 0.25) is 11.8 Å². The highest BCUT2D eigenvalue weighted by atomic mass is 35.5. The number of nitrogens with zero attached hydrogens (tertiary/aromatic N) is 3. The van der Waals surface area contributed by atoms with E-state index in [4.69, 9.17) is 11.6 Å². The Morgan fingerprint density at radius 2 is 1.70 bits per heavy atom. The number of aryl methyl sites for hydroxylation is 1. The van der Waals surface area contributed by atoms with Crippen LogP contribution in [0.3, 0.4) is 0 Å². The summed E-state index contributed by atoms with van der Waals surface area (Å²) in [6.07, 6.45) is 7.92. The van der Waals surface area contributed by atoms with Gasteiger partial charge in [-0.25, -0.2) is 0 Å². The molecule has 0 aliphatic carbocycles. The zero-order chi connectivity index (χ0) is 28.4. The average molecular weight is 578 g/mol. The van der Waals surface area contributed by atoms with Crippen molar-refractivity contribution >= 4 is 46.8 Å². The summed E-state index contributed by atoms with van der Waals surface area (Å²) in [6, 6.07) is 13.1. The molecule has 0 bridgehead atoms. The number of aliphatic hydroxyl groups excluding tert-OH is 1. The molecule has 2 saturated heterocycles. The van der Waals surface area contributed by atoms with Gasteiger partial charge in [0.25, 0.3) is 5.91 Å². The Morgan fingerprint density at radius 1 is 0.975 bits per heavy atom. The first kappa shape index (κ1) is 27.1. The molecule has 6 rings (SSSR count). The van der Waals surface area contributed by atoms with Crippen molar-refractivity contribution in [3.05, 3.63) is 89.0 Å². The quantitative estimate of drug-likeness (QED) is 0.556. The van der Waals surface area contributed by atoms with E-state index in [0.717, 1.165) is 11.1 Å². The van der Waals surface area contributed by atoms with E-state index in [1.807, 2.05) is 80.6 Å². The highest BCUT2D eigenvalue weighted by Crippen LogP contribution is 2.66. The fourth-order valence-electron chi connectivity index (χ4n) is 7.11. The maximum atomic E-state index is 14.8. The lowest BCUT2D eigenvalue weighted by molar-refractivity contribution is -0.145. The summed E-state index contributed by atoms with van der Waals surface area (Å²) in [5.74, 6) is -2.12. The molecule has 1 unspecified atom stereocenters. The van der Waals surface area contributed by atoms with Gasteiger partial charge in [0, 0.05) is 24.9 Å². The number of hydrogen-bond acceptors (Lipinski definition) is 5. The molecule has 3 amide bonds. The zero-order valence-corrected chi connectivity index (χ0v) is 24.2. The normalized spacial score (nSPS) is 32.1. The maximum Gasteiger partial charge on any atom is 0.251 e. The third kappa shape index (κ3) is 3.80. The average Bonchev–Trinajstić information content (AvgIpc) is 3.21. The van der Waals surface area contributed by atoms with Gasteiger partial charge in [-0.1, -0.05) is 78.4 Å². The van der Waals surface area contributed by atoms with Crippen LogP contribution in [-0.4, -0.2) is 74.9 Å². The highest BCUT2D eigenvalue weighted by Gasteiger charge is 2.74. The Morgan fingerprint density at radius 3 is 2.40 bits per heavy atom. The number of thioether (sulfide) groups is 1. The van der Waals surface area contributed by atoms with Crippen molar-refractivity contribution in [2.24, 2.45) is 11.8 Å². The van der Waals surface area contributed by atoms with Gasteiger partial charge < -0.3 is 19.8 Å². The number of likely N-dealkylation sites (N-methyl/N-ethyl adjacent to an activating group) is 1. The molecule has 1 spiro atoms. The molecule has 40 heavy (non-hydrogen) atoms. The monoisotopic (exact) mass is 577 g/mol. The Labute approximate surface area is 243 Å². The highest BCUT2D eigenvalue weighted by molar-refractivity contribution is 8.02. The van der Waals surface area contributed by atoms with Crippen molar-refractivity contribution in [2.45, 2.75) is 35.4 Å². The molecule has 1 N–H and O–H groups in total. The second kappa shape index (κ2) is 9.79. The van der Waals surface area contributed by atoms with E-state index in [2.05, 4.69) is 0 Å². The number of fused-ring (bicyclic) bond motifs is 2. The first-order chi connectivity index (χ1) is 19.1. The van der Waals surface area contributed by atoms with E-state index in [9.17, 15) is 19.5 Å². The van der Waals surface area contributed by atoms with Crippen LogP contribution in [0.2, 0.25) is 5.02 Å². The van der Waals surface area contributed by atoms with Crippen molar-refractivity contribution in [3.63, 3.8) is 0 Å². The van der Waals surface area contributed by atoms with Gasteiger partial charge in [0.05, 0.1) is 39.9 Å². The third-order valence-electron chi connectivity index (χ3n) is 8.85. The van der Waals surface area contributed by atoms with Gasteiger partial charge in [-0.05, 0) is 31.0 Å². The Bertz CT molecular complexity index is 1430. The van der Waals surface area contributed by atoms with E-state index in [0.29, 0.717) is 17.3 Å². The number of anilines is 1. The molecule has 9 heteroatoms. The summed E-state index contributed by atoms with van der Waals surface area (Å²) in [5.41, 5.74) is 2.17. The van der Waals surface area contributed by atoms with Crippen LogP contribution in [0, 0.1) is 18.8 Å². The third-order valence-corrected chi connectivity index (χ3v) is 10.9. The second-order valence-corrected chi connectivity index (χ2v) is 13.4. The van der Waals surface area contributed by atoms with Gasteiger partial charge in [-0.3, -0.25) is 14.4 Å². The van der Waals surface area contributed by atoms with Gasteiger partial charge in [-0.15, -0.1) is 11.8 Å². The summed E-state index contributed by atoms with van der Waals surface area (Å²) in [4.78, 5) is 48.2. The number of halogens is 1. The maximum absolute atomic E-state index is 14.8. The van der Waals surface area contributed by atoms with Crippen LogP contribution in [0.15, 0.2) is 72.8 Å². The van der Waals surface area contributed by atoms with Crippen LogP contribution < -0.4 is 4.90 Å². The molecule has 6 atom stereocenters. The standard InChI is InChI=1S/C31H32ClN3O4S/c1-19-10-7-13-21(32)25(19)34-17-9-15-31-24(23-27(37)33(3)16-8-14-30(23,2)40-31)28(38)35(26(31)29(34)39)22(18-36)20-11-5-4-6-12-20/h4-15,22-24,26,36H,16-18H2,1-3H3/t22-,23-,24+,26?,30+,31+/m1/s1. The number of carbonyl (C=O) groups excluding carboxylic acids is 3. The molecule has 2 aromatic rings. The van der Waals surface area contributed by atoms with Crippen LogP contribution >= 0.6 is 23.4 Å². The van der Waals surface area contributed by atoms with Crippen LogP contribution in [-0.2, 0) is 14.4 Å². The first-order valence-corrected chi connectivity index (χ1v) is 14.7. The van der Waals surface area contributed by atoms with E-state index in [1.165, 1.54) is 11.8 Å². The zero-order valence-electron chi connectivity index (χ0n) is 22.7. The van der Waals surface area contributed by atoms with Gasteiger partial charge in [0.15, 0.2) is 0 Å². The van der Waals surface area contributed by atoms with Crippen LogP contribution in [0.1, 0.15) is 24.1 Å². The number of aliphatic hydroxyl groups is 1. The molecule has 4 aliphatic rings. The summed E-state index contributed by atoms with van der Waals surface area (Å²) in [5, 5.41) is 11.2. The van der Waals surface area contributed by atoms with Crippen molar-refractivity contribution in [3.8, 4) is 0 Å². The van der Waals surface area contributed by atoms with Crippen molar-refractivity contribution < 1.29 is 19.5 Å². The largest absolute Gasteiger partial charge is 0.394 e. The smallest absolute Gasteiger partial charge is 0.251 e. The molecular formula is C31H32ClN3O4S. The van der Waals surface area contributed by atoms with E-state index in [1.54, 1.807) is 27.8 Å². The Hall–Kier alpha value is -3.07. The molecule has 7 nitrogen and oxygen atoms in total. The number of likely N-dealkylation sites (tertiary alicyclic amines) is 1. The predicted molar refractivity (Wildman–Crippen MR) is 157 cm³/mol. The number of carbonyl (C=O) groups is 3. The van der Waals surface area contributed by atoms with E-state index >= 15 is 0 Å². The summed E-state index contributed by atoms with van der Waals surface area (Å²) < 4.78 is -1.70. The van der Waals surface area contributed by atoms with Gasteiger partial charge in [-0.2, -0.15) is 0 Å². The van der Waals surface area contributed by atoms with E-state index in [-0.39, 0.29) is 30.9 Å². The molecule has 4 aliphatic heterocycles. The van der Waals surface area contributed by atoms with Crippen molar-refractivity contribution in [2.75, 3.05) is 31.6 Å². The van der Waals surface area contributed by atoms with Crippen LogP contribution in [0.25, 0.3) is 0 Å². The lowest BCUT2D eigenvalue weighted by atomic mass is 9.74. The fraction of sp³-hybridized carbons (Fsp3) is 0.387. The molecule has 2 aromatic carbocycles. The summed E-state index contributed by atoms with van der Waals surface area (Å²) in [6.45, 7) is 4.28. The lowest BCUT2D eigenvalue weighted by Crippen LogP contribution is -2.54. The van der Waals surface area contributed by atoms with E-state index < -0.39 is 33.4 Å². The molecule has 208 valence electrons. The summed E-state index contributed by atoms with van der Waals surface area (Å²) >= 11 is 8.18. The number of rotatable bonds is 4. The summed E-state index contributed by atoms with van der Waals surface area (Å²) in [7, 11) is 1.75. The fourth-order valence-corrected chi connectivity index (χ4v) is 9.58. The van der Waals surface area contributed by atoms with Crippen LogP contribution in [0.4, 0.5) is 5.69 Å². The number of benzene rings is 2. The molecule has 4 heterocycles. The van der Waals surface area contributed by atoms with Gasteiger partial charge in [0.1, 0.15) is 6.04 Å². The van der Waals surface area contributed by atoms with Crippen molar-refractivity contribution in [1.82, 2.24) is 9.80 Å². The molecular weight excluding hydrogens is 546 g/mol. The number of para-hydroxylation sites is 1. The second-order valence-electron chi connectivity index (χ2n) is 11.2. The topological polar surface area (TPSA) is 81.2 Å². The van der Waals surface area contributed by atoms with Crippen molar-refractivity contribution in [1.29, 1.82) is 0 Å². The minimum absolute atomic E-state index is 0.111. The molecule has 0 aromatic heterocycles. The first-order valence-electron chi connectivity index (χ1n) is 13.5. The Balaban J connectivity index is 1.57. The number of amides is 3. The minimum Gasteiger partial charge on any atom is -0.394 e. The Kier molecular flexibility index (Phi) is 6.63. The molecule has 0 radical (unpaired) electrons. The molecule has 2 fully saturated rings.